The van der Waals surface area contributed by atoms with Crippen molar-refractivity contribution in [2.24, 2.45) is 0 Å². The van der Waals surface area contributed by atoms with Crippen LogP contribution in [-0.2, 0) is 19.2 Å². The third-order valence-electron chi connectivity index (χ3n) is 2.99. The lowest BCUT2D eigenvalue weighted by Crippen LogP contribution is -2.23. The van der Waals surface area contributed by atoms with Crippen molar-refractivity contribution in [1.29, 1.82) is 0 Å². The summed E-state index contributed by atoms with van der Waals surface area (Å²) >= 11 is 0. The Balaban J connectivity index is 0.000000472. The highest BCUT2D eigenvalue weighted by Crippen LogP contribution is 2.14. The van der Waals surface area contributed by atoms with Crippen LogP contribution in [0.25, 0.3) is 0 Å². The van der Waals surface area contributed by atoms with E-state index >= 15 is 0 Å². The molecule has 0 unspecified atom stereocenters. The Labute approximate surface area is 131 Å². The fourth-order valence-corrected chi connectivity index (χ4v) is 1.77. The average molecular weight is 311 g/mol. The van der Waals surface area contributed by atoms with Gasteiger partial charge in [0.05, 0.1) is 6.42 Å². The molecule has 6 heteroatoms. The summed E-state index contributed by atoms with van der Waals surface area (Å²) < 4.78 is 0. The van der Waals surface area contributed by atoms with Crippen molar-refractivity contribution >= 4 is 23.4 Å². The van der Waals surface area contributed by atoms with Crippen LogP contribution in [0.4, 0.5) is 0 Å². The number of allylic oxidation sites excluding steroid dienone is 2. The number of hydrogen-bond acceptors (Lipinski definition) is 4. The Kier molecular flexibility index (Phi) is 10.6. The zero-order valence-electron chi connectivity index (χ0n) is 13.3. The normalized spacial score (nSPS) is 13.3. The van der Waals surface area contributed by atoms with Crippen molar-refractivity contribution in [2.75, 3.05) is 0 Å². The third kappa shape index (κ3) is 13.0. The minimum atomic E-state index is -0.916. The molecular weight excluding hydrogens is 286 g/mol. The monoisotopic (exact) mass is 311 g/mol. The molecule has 1 amide bonds. The lowest BCUT2D eigenvalue weighted by atomic mass is 10.0. The molecule has 0 spiro atoms. The molecule has 0 atom stereocenters. The van der Waals surface area contributed by atoms with Gasteiger partial charge in [0.1, 0.15) is 11.6 Å². The van der Waals surface area contributed by atoms with E-state index in [1.807, 2.05) is 0 Å². The lowest BCUT2D eigenvalue weighted by Gasteiger charge is -2.13. The minimum Gasteiger partial charge on any atom is -0.481 e. The lowest BCUT2D eigenvalue weighted by molar-refractivity contribution is -0.138. The molecule has 1 aliphatic rings. The number of rotatable bonds is 7. The summed E-state index contributed by atoms with van der Waals surface area (Å²) in [6.07, 6.45) is 7.23. The van der Waals surface area contributed by atoms with Gasteiger partial charge in [-0.15, -0.1) is 0 Å². The maximum Gasteiger partial charge on any atom is 0.303 e. The van der Waals surface area contributed by atoms with Crippen LogP contribution in [0.2, 0.25) is 0 Å². The van der Waals surface area contributed by atoms with Gasteiger partial charge in [-0.1, -0.05) is 6.08 Å². The van der Waals surface area contributed by atoms with Crippen LogP contribution >= 0.6 is 0 Å². The molecule has 22 heavy (non-hydrogen) atoms. The van der Waals surface area contributed by atoms with E-state index in [1.54, 1.807) is 0 Å². The second-order valence-electron chi connectivity index (χ2n) is 5.32. The van der Waals surface area contributed by atoms with Gasteiger partial charge < -0.3 is 20.0 Å². The Morgan fingerprint density at radius 1 is 1.00 bits per heavy atom. The fourth-order valence-electron chi connectivity index (χ4n) is 1.77. The topological polar surface area (TPSA) is 101 Å². The maximum absolute atomic E-state index is 11.3. The van der Waals surface area contributed by atoms with Crippen molar-refractivity contribution in [2.45, 2.75) is 65.2 Å². The van der Waals surface area contributed by atoms with Crippen LogP contribution in [0.5, 0.6) is 0 Å². The van der Waals surface area contributed by atoms with Gasteiger partial charge in [-0.25, -0.2) is 0 Å². The number of carbonyl (C=O) groups is 4. The molecule has 0 aromatic carbocycles. The molecular formula is C16H25NO5. The molecule has 0 radical (unpaired) electrons. The molecule has 1 rings (SSSR count). The number of carboxylic acids is 1. The highest BCUT2D eigenvalue weighted by Gasteiger charge is 2.08. The summed E-state index contributed by atoms with van der Waals surface area (Å²) in [6.45, 7) is 2.89. The predicted octanol–water partition coefficient (Wildman–Crippen LogP) is 2.37. The third-order valence-corrected chi connectivity index (χ3v) is 2.99. The summed E-state index contributed by atoms with van der Waals surface area (Å²) in [6, 6.07) is 0. The zero-order valence-corrected chi connectivity index (χ0v) is 13.3. The Hall–Kier alpha value is -1.98. The van der Waals surface area contributed by atoms with Crippen LogP contribution < -0.4 is 5.32 Å². The van der Waals surface area contributed by atoms with Gasteiger partial charge in [0.2, 0.25) is 5.91 Å². The number of hydrogen-bond donors (Lipinski definition) is 2. The van der Waals surface area contributed by atoms with Crippen LogP contribution in [0.1, 0.15) is 65.2 Å². The van der Waals surface area contributed by atoms with Crippen LogP contribution in [0, 0.1) is 0 Å². The van der Waals surface area contributed by atoms with Gasteiger partial charge in [0.25, 0.3) is 0 Å². The van der Waals surface area contributed by atoms with Crippen molar-refractivity contribution in [3.63, 3.8) is 0 Å². The molecule has 0 fully saturated rings. The first-order valence-electron chi connectivity index (χ1n) is 7.50. The first-order chi connectivity index (χ1) is 10.3. The highest BCUT2D eigenvalue weighted by atomic mass is 16.4. The number of amides is 1. The fraction of sp³-hybridized carbons (Fsp3) is 0.625. The molecule has 6 nitrogen and oxygen atoms in total. The maximum atomic E-state index is 11.3. The largest absolute Gasteiger partial charge is 0.481 e. The second kappa shape index (κ2) is 11.7. The molecule has 0 bridgehead atoms. The molecule has 1 aliphatic carbocycles. The molecule has 2 N–H and O–H groups in total. The average Bonchev–Trinajstić information content (AvgIpc) is 2.45. The van der Waals surface area contributed by atoms with Gasteiger partial charge in [-0.2, -0.15) is 0 Å². The van der Waals surface area contributed by atoms with Gasteiger partial charge in [0.15, 0.2) is 0 Å². The number of carbonyl (C=O) groups excluding carboxylic acids is 3. The van der Waals surface area contributed by atoms with E-state index in [-0.39, 0.29) is 30.3 Å². The van der Waals surface area contributed by atoms with E-state index in [4.69, 9.17) is 5.11 Å². The summed E-state index contributed by atoms with van der Waals surface area (Å²) in [5.74, 6) is -0.960. The predicted molar refractivity (Wildman–Crippen MR) is 82.2 cm³/mol. The van der Waals surface area contributed by atoms with Gasteiger partial charge in [-0.05, 0) is 39.5 Å². The molecule has 124 valence electrons. The standard InChI is InChI=1S/C11H17NO2.C5H8O3/c1-9(13)7-8-11(14)12-10-5-3-2-4-6-10;1-4(6)2-3-5(7)8/h5H,2-4,6-8H2,1H3,(H,12,14);2-3H2,1H3,(H,7,8). The van der Waals surface area contributed by atoms with E-state index in [0.29, 0.717) is 12.8 Å². The number of aliphatic carboxylic acids is 1. The van der Waals surface area contributed by atoms with E-state index in [9.17, 15) is 19.2 Å². The van der Waals surface area contributed by atoms with E-state index < -0.39 is 5.97 Å². The summed E-state index contributed by atoms with van der Waals surface area (Å²) in [5.41, 5.74) is 1.03. The van der Waals surface area contributed by atoms with Crippen molar-refractivity contribution in [3.8, 4) is 0 Å². The number of carboxylic acid groups (broad SMARTS) is 1. The van der Waals surface area contributed by atoms with E-state index in [1.165, 1.54) is 20.3 Å². The van der Waals surface area contributed by atoms with Crippen molar-refractivity contribution in [3.05, 3.63) is 11.8 Å². The first kappa shape index (κ1) is 20.0. The summed E-state index contributed by atoms with van der Waals surface area (Å²) in [5, 5.41) is 10.9. The van der Waals surface area contributed by atoms with E-state index in [0.717, 1.165) is 25.0 Å². The van der Waals surface area contributed by atoms with Crippen LogP contribution in [0.3, 0.4) is 0 Å². The molecule has 0 aromatic heterocycles. The Bertz CT molecular complexity index is 426. The molecule has 0 saturated carbocycles. The number of ketones is 2. The van der Waals surface area contributed by atoms with Gasteiger partial charge in [-0.3, -0.25) is 9.59 Å². The molecule has 0 aromatic rings. The van der Waals surface area contributed by atoms with Gasteiger partial charge >= 0.3 is 5.97 Å². The Morgan fingerprint density at radius 2 is 1.59 bits per heavy atom. The summed E-state index contributed by atoms with van der Waals surface area (Å²) in [7, 11) is 0. The zero-order chi connectivity index (χ0) is 17.0. The minimum absolute atomic E-state index is 0.0339. The first-order valence-corrected chi connectivity index (χ1v) is 7.50. The van der Waals surface area contributed by atoms with Crippen LogP contribution in [0.15, 0.2) is 11.8 Å². The molecule has 0 heterocycles. The van der Waals surface area contributed by atoms with Crippen molar-refractivity contribution < 1.29 is 24.3 Å². The van der Waals surface area contributed by atoms with Gasteiger partial charge in [0, 0.05) is 25.0 Å². The SMILES string of the molecule is CC(=O)CCC(=O)NC1=CCCCC1.CC(=O)CCC(=O)O. The quantitative estimate of drug-likeness (QED) is 0.751. The second-order valence-corrected chi connectivity index (χ2v) is 5.32. The Morgan fingerprint density at radius 3 is 2.00 bits per heavy atom. The number of nitrogens with one attached hydrogen (secondary N) is 1. The van der Waals surface area contributed by atoms with Crippen LogP contribution in [-0.4, -0.2) is 28.5 Å². The number of Topliss-reactive ketones (excluding diaryl/α,β-unsaturated/α-hetero) is 2. The highest BCUT2D eigenvalue weighted by molar-refractivity contribution is 5.84. The molecule has 0 aliphatic heterocycles. The van der Waals surface area contributed by atoms with E-state index in [2.05, 4.69) is 11.4 Å². The molecule has 0 saturated heterocycles. The smallest absolute Gasteiger partial charge is 0.303 e. The van der Waals surface area contributed by atoms with Crippen molar-refractivity contribution in [1.82, 2.24) is 5.32 Å². The summed E-state index contributed by atoms with van der Waals surface area (Å²) in [4.78, 5) is 41.8.